The van der Waals surface area contributed by atoms with Gasteiger partial charge in [-0.1, -0.05) is 26.7 Å². The lowest BCUT2D eigenvalue weighted by atomic mass is 9.96. The highest BCUT2D eigenvalue weighted by atomic mass is 16.6. The van der Waals surface area contributed by atoms with Gasteiger partial charge in [0.15, 0.2) is 0 Å². The summed E-state index contributed by atoms with van der Waals surface area (Å²) in [6, 6.07) is -0.382. The highest BCUT2D eigenvalue weighted by Crippen LogP contribution is 2.26. The number of hydrogen-bond acceptors (Lipinski definition) is 3. The predicted octanol–water partition coefficient (Wildman–Crippen LogP) is 3.54. The minimum atomic E-state index is -0.499. The molecular formula is C17H31NO3. The number of carbonyl (C=O) groups is 2. The topological polar surface area (TPSA) is 46.6 Å². The van der Waals surface area contributed by atoms with Crippen molar-refractivity contribution < 1.29 is 14.3 Å². The largest absolute Gasteiger partial charge is 0.458 e. The Morgan fingerprint density at radius 2 is 1.76 bits per heavy atom. The molecule has 0 spiro atoms. The summed E-state index contributed by atoms with van der Waals surface area (Å²) < 4.78 is 5.47. The minimum Gasteiger partial charge on any atom is -0.458 e. The van der Waals surface area contributed by atoms with E-state index < -0.39 is 5.60 Å². The van der Waals surface area contributed by atoms with Gasteiger partial charge < -0.3 is 9.64 Å². The van der Waals surface area contributed by atoms with E-state index in [1.54, 1.807) is 4.90 Å². The monoisotopic (exact) mass is 297 g/mol. The number of amides is 1. The van der Waals surface area contributed by atoms with Crippen LogP contribution in [0.1, 0.15) is 73.1 Å². The van der Waals surface area contributed by atoms with Crippen molar-refractivity contribution >= 4 is 11.9 Å². The van der Waals surface area contributed by atoms with Gasteiger partial charge >= 0.3 is 5.97 Å². The summed E-state index contributed by atoms with van der Waals surface area (Å²) in [5.74, 6) is -0.0461. The Labute approximate surface area is 129 Å². The number of carbonyl (C=O) groups excluding carboxylic acids is 2. The van der Waals surface area contributed by atoms with Crippen LogP contribution >= 0.6 is 0 Å². The van der Waals surface area contributed by atoms with Gasteiger partial charge in [0.05, 0.1) is 0 Å². The average molecular weight is 297 g/mol. The molecule has 21 heavy (non-hydrogen) atoms. The summed E-state index contributed by atoms with van der Waals surface area (Å²) in [7, 11) is 0. The summed E-state index contributed by atoms with van der Waals surface area (Å²) in [6.07, 6.45) is 5.43. The van der Waals surface area contributed by atoms with Gasteiger partial charge in [0.1, 0.15) is 11.6 Å². The lowest BCUT2D eigenvalue weighted by molar-refractivity contribution is -0.164. The minimum absolute atomic E-state index is 0.0584. The van der Waals surface area contributed by atoms with E-state index in [9.17, 15) is 9.59 Å². The van der Waals surface area contributed by atoms with Crippen molar-refractivity contribution in [3.8, 4) is 0 Å². The first-order valence-electron chi connectivity index (χ1n) is 8.33. The molecule has 1 amide bonds. The molecule has 0 aromatic heterocycles. The Balaban J connectivity index is 2.75. The van der Waals surface area contributed by atoms with Gasteiger partial charge in [0, 0.05) is 12.5 Å². The Bertz CT molecular complexity index is 354. The molecule has 1 heterocycles. The third kappa shape index (κ3) is 5.33. The molecule has 1 aliphatic rings. The highest BCUT2D eigenvalue weighted by Gasteiger charge is 2.38. The van der Waals surface area contributed by atoms with Gasteiger partial charge in [-0.3, -0.25) is 4.79 Å². The van der Waals surface area contributed by atoms with Crippen LogP contribution in [0.5, 0.6) is 0 Å². The first-order chi connectivity index (χ1) is 9.80. The first kappa shape index (κ1) is 18.0. The molecule has 1 atom stereocenters. The second-order valence-corrected chi connectivity index (χ2v) is 7.00. The van der Waals surface area contributed by atoms with Crippen LogP contribution in [-0.4, -0.2) is 35.0 Å². The fourth-order valence-corrected chi connectivity index (χ4v) is 2.97. The van der Waals surface area contributed by atoms with Crippen molar-refractivity contribution in [3.63, 3.8) is 0 Å². The second kappa shape index (κ2) is 7.81. The van der Waals surface area contributed by atoms with Crippen LogP contribution in [0.4, 0.5) is 0 Å². The highest BCUT2D eigenvalue weighted by molar-refractivity contribution is 5.86. The molecule has 0 bridgehead atoms. The van der Waals surface area contributed by atoms with Crippen LogP contribution in [0.25, 0.3) is 0 Å². The van der Waals surface area contributed by atoms with Gasteiger partial charge in [0.2, 0.25) is 5.91 Å². The molecule has 1 saturated heterocycles. The maximum atomic E-state index is 12.7. The fourth-order valence-electron chi connectivity index (χ4n) is 2.97. The Hall–Kier alpha value is -1.06. The third-order valence-electron chi connectivity index (χ3n) is 3.84. The van der Waals surface area contributed by atoms with Crippen LogP contribution in [0.3, 0.4) is 0 Å². The second-order valence-electron chi connectivity index (χ2n) is 7.00. The Morgan fingerprint density at radius 1 is 1.19 bits per heavy atom. The molecule has 0 aliphatic carbocycles. The van der Waals surface area contributed by atoms with E-state index >= 15 is 0 Å². The number of nitrogens with zero attached hydrogens (tertiary/aromatic N) is 1. The molecule has 4 nitrogen and oxygen atoms in total. The van der Waals surface area contributed by atoms with E-state index in [1.807, 2.05) is 20.8 Å². The van der Waals surface area contributed by atoms with Crippen molar-refractivity contribution in [1.82, 2.24) is 4.90 Å². The maximum absolute atomic E-state index is 12.7. The van der Waals surface area contributed by atoms with Crippen molar-refractivity contribution in [1.29, 1.82) is 0 Å². The number of likely N-dealkylation sites (tertiary alicyclic amines) is 1. The average Bonchev–Trinajstić information content (AvgIpc) is 2.84. The molecule has 1 aliphatic heterocycles. The van der Waals surface area contributed by atoms with Gasteiger partial charge in [0.25, 0.3) is 0 Å². The molecule has 1 fully saturated rings. The van der Waals surface area contributed by atoms with E-state index in [-0.39, 0.29) is 23.8 Å². The number of hydrogen-bond donors (Lipinski definition) is 0. The zero-order chi connectivity index (χ0) is 16.0. The lowest BCUT2D eigenvalue weighted by Gasteiger charge is -2.30. The zero-order valence-electron chi connectivity index (χ0n) is 14.3. The summed E-state index contributed by atoms with van der Waals surface area (Å²) in [5.41, 5.74) is -0.499. The quantitative estimate of drug-likeness (QED) is 0.705. The first-order valence-corrected chi connectivity index (χ1v) is 8.33. The smallest absolute Gasteiger partial charge is 0.329 e. The molecule has 0 N–H and O–H groups in total. The van der Waals surface area contributed by atoms with Gasteiger partial charge in [-0.25, -0.2) is 4.79 Å². The summed E-state index contributed by atoms with van der Waals surface area (Å²) in [6.45, 7) is 10.5. The van der Waals surface area contributed by atoms with Crippen molar-refractivity contribution in [2.75, 3.05) is 6.54 Å². The molecule has 0 aromatic carbocycles. The van der Waals surface area contributed by atoms with Crippen molar-refractivity contribution in [2.24, 2.45) is 5.92 Å². The van der Waals surface area contributed by atoms with Crippen LogP contribution in [0.15, 0.2) is 0 Å². The van der Waals surface area contributed by atoms with Crippen LogP contribution in [-0.2, 0) is 14.3 Å². The molecule has 0 unspecified atom stereocenters. The zero-order valence-corrected chi connectivity index (χ0v) is 14.3. The van der Waals surface area contributed by atoms with Crippen LogP contribution in [0, 0.1) is 5.92 Å². The lowest BCUT2D eigenvalue weighted by Crippen LogP contribution is -2.45. The molecule has 122 valence electrons. The Kier molecular flexibility index (Phi) is 6.69. The maximum Gasteiger partial charge on any atom is 0.329 e. The fraction of sp³-hybridized carbons (Fsp3) is 0.882. The van der Waals surface area contributed by atoms with Crippen molar-refractivity contribution in [2.45, 2.75) is 84.8 Å². The van der Waals surface area contributed by atoms with Gasteiger partial charge in [-0.15, -0.1) is 0 Å². The van der Waals surface area contributed by atoms with Crippen LogP contribution in [0.2, 0.25) is 0 Å². The third-order valence-corrected chi connectivity index (χ3v) is 3.84. The van der Waals surface area contributed by atoms with E-state index in [1.165, 1.54) is 0 Å². The van der Waals surface area contributed by atoms with Crippen LogP contribution < -0.4 is 0 Å². The number of ether oxygens (including phenoxy) is 1. The van der Waals surface area contributed by atoms with Gasteiger partial charge in [-0.05, 0) is 46.5 Å². The molecular weight excluding hydrogens is 266 g/mol. The normalized spacial score (nSPS) is 19.1. The number of esters is 1. The van der Waals surface area contributed by atoms with E-state index in [2.05, 4.69) is 13.8 Å². The summed E-state index contributed by atoms with van der Waals surface area (Å²) in [4.78, 5) is 26.8. The summed E-state index contributed by atoms with van der Waals surface area (Å²) >= 11 is 0. The predicted molar refractivity (Wildman–Crippen MR) is 83.9 cm³/mol. The van der Waals surface area contributed by atoms with E-state index in [0.717, 1.165) is 38.5 Å². The molecule has 0 radical (unpaired) electrons. The van der Waals surface area contributed by atoms with E-state index in [0.29, 0.717) is 6.54 Å². The summed E-state index contributed by atoms with van der Waals surface area (Å²) in [5, 5.41) is 0. The molecule has 0 aromatic rings. The SMILES string of the molecule is CCCC(CCC)C(=O)N1CCC[C@@H]1C(=O)OC(C)(C)C. The van der Waals surface area contributed by atoms with Gasteiger partial charge in [-0.2, -0.15) is 0 Å². The molecule has 1 rings (SSSR count). The molecule has 0 saturated carbocycles. The molecule has 4 heteroatoms. The van der Waals surface area contributed by atoms with Crippen molar-refractivity contribution in [3.05, 3.63) is 0 Å². The van der Waals surface area contributed by atoms with E-state index in [4.69, 9.17) is 4.74 Å². The Morgan fingerprint density at radius 3 is 2.24 bits per heavy atom. The standard InChI is InChI=1S/C17H31NO3/c1-6-9-13(10-7-2)15(19)18-12-8-11-14(18)16(20)21-17(3,4)5/h13-14H,6-12H2,1-5H3/t14-/m1/s1. The number of rotatable bonds is 6.